The summed E-state index contributed by atoms with van der Waals surface area (Å²) in [7, 11) is 0. The summed E-state index contributed by atoms with van der Waals surface area (Å²) in [5.74, 6) is -0.299. The summed E-state index contributed by atoms with van der Waals surface area (Å²) >= 11 is 6.08. The van der Waals surface area contributed by atoms with Gasteiger partial charge in [0.25, 0.3) is 5.56 Å². The number of ether oxygens (including phenoxy) is 1. The number of aromatic nitrogens is 1. The van der Waals surface area contributed by atoms with Gasteiger partial charge in [0.05, 0.1) is 0 Å². The molecule has 4 nitrogen and oxygen atoms in total. The van der Waals surface area contributed by atoms with Gasteiger partial charge < -0.3 is 9.72 Å². The van der Waals surface area contributed by atoms with E-state index in [-0.39, 0.29) is 5.56 Å². The number of carbonyl (C=O) groups is 1. The van der Waals surface area contributed by atoms with Gasteiger partial charge in [0.15, 0.2) is 0 Å². The average Bonchev–Trinajstić information content (AvgIpc) is 2.69. The Kier molecular flexibility index (Phi) is 2.95. The average molecular weight is 288 g/mol. The Morgan fingerprint density at radius 1 is 1.25 bits per heavy atom. The van der Waals surface area contributed by atoms with Crippen LogP contribution in [0.4, 0.5) is 0 Å². The Hall–Kier alpha value is -2.33. The minimum atomic E-state index is -0.639. The number of hydrogen-bond donors (Lipinski definition) is 1. The molecule has 0 saturated heterocycles. The number of hydrogen-bond acceptors (Lipinski definition) is 3. The third kappa shape index (κ3) is 2.04. The van der Waals surface area contributed by atoms with Crippen LogP contribution >= 0.6 is 11.6 Å². The van der Waals surface area contributed by atoms with Crippen molar-refractivity contribution < 1.29 is 9.53 Å². The summed E-state index contributed by atoms with van der Waals surface area (Å²) < 4.78 is 5.17. The van der Waals surface area contributed by atoms with Crippen molar-refractivity contribution in [1.29, 1.82) is 0 Å². The number of H-pyrrole nitrogens is 1. The number of rotatable bonds is 1. The van der Waals surface area contributed by atoms with Gasteiger partial charge >= 0.3 is 5.97 Å². The van der Waals surface area contributed by atoms with Crippen molar-refractivity contribution in [2.45, 2.75) is 6.92 Å². The van der Waals surface area contributed by atoms with Crippen LogP contribution in [0.1, 0.15) is 27.2 Å². The van der Waals surface area contributed by atoms with E-state index in [1.165, 1.54) is 0 Å². The first-order valence-corrected chi connectivity index (χ1v) is 6.37. The molecule has 3 rings (SSSR count). The number of halogens is 1. The van der Waals surface area contributed by atoms with Crippen LogP contribution < -0.4 is 5.56 Å². The molecule has 5 heteroatoms. The molecule has 0 fully saturated rings. The Balaban J connectivity index is 2.19. The number of benzene rings is 1. The van der Waals surface area contributed by atoms with Gasteiger partial charge in [-0.05, 0) is 30.7 Å². The summed E-state index contributed by atoms with van der Waals surface area (Å²) in [6.45, 7) is 1.75. The lowest BCUT2D eigenvalue weighted by molar-refractivity contribution is 0.0715. The van der Waals surface area contributed by atoms with E-state index < -0.39 is 11.5 Å². The van der Waals surface area contributed by atoms with Crippen LogP contribution in [-0.4, -0.2) is 11.0 Å². The number of cyclic esters (lactones) is 1. The van der Waals surface area contributed by atoms with Crippen molar-refractivity contribution in [3.63, 3.8) is 0 Å². The molecule has 20 heavy (non-hydrogen) atoms. The third-order valence-corrected chi connectivity index (χ3v) is 3.38. The molecule has 0 atom stereocenters. The van der Waals surface area contributed by atoms with Gasteiger partial charge in [-0.3, -0.25) is 4.79 Å². The molecule has 0 unspecified atom stereocenters. The van der Waals surface area contributed by atoms with Gasteiger partial charge in [-0.2, -0.15) is 0 Å². The Morgan fingerprint density at radius 3 is 2.75 bits per heavy atom. The number of pyridine rings is 1. The summed E-state index contributed by atoms with van der Waals surface area (Å²) in [4.78, 5) is 26.2. The van der Waals surface area contributed by atoms with Crippen molar-refractivity contribution in [3.8, 4) is 0 Å². The quantitative estimate of drug-likeness (QED) is 0.820. The molecule has 1 aromatic carbocycles. The van der Waals surface area contributed by atoms with E-state index in [1.54, 1.807) is 31.2 Å². The molecule has 0 radical (unpaired) electrons. The van der Waals surface area contributed by atoms with Crippen molar-refractivity contribution >= 4 is 29.4 Å². The fourth-order valence-electron chi connectivity index (χ4n) is 2.13. The minimum Gasteiger partial charge on any atom is -0.422 e. The molecule has 1 aliphatic heterocycles. The number of esters is 1. The van der Waals surface area contributed by atoms with Crippen molar-refractivity contribution in [2.24, 2.45) is 0 Å². The number of aryl methyl sites for hydroxylation is 1. The van der Waals surface area contributed by atoms with Gasteiger partial charge in [0.1, 0.15) is 11.3 Å². The largest absolute Gasteiger partial charge is 0.422 e. The third-order valence-electron chi connectivity index (χ3n) is 3.03. The van der Waals surface area contributed by atoms with Crippen LogP contribution in [0.2, 0.25) is 5.02 Å². The van der Waals surface area contributed by atoms with Gasteiger partial charge in [0, 0.05) is 16.3 Å². The lowest BCUT2D eigenvalue weighted by Crippen LogP contribution is -2.16. The zero-order valence-electron chi connectivity index (χ0n) is 10.6. The van der Waals surface area contributed by atoms with Crippen LogP contribution in [0, 0.1) is 6.92 Å². The Morgan fingerprint density at radius 2 is 2.00 bits per heavy atom. The van der Waals surface area contributed by atoms with E-state index in [9.17, 15) is 9.59 Å². The zero-order chi connectivity index (χ0) is 14.3. The highest BCUT2D eigenvalue weighted by Crippen LogP contribution is 2.31. The molecular weight excluding hydrogens is 278 g/mol. The summed E-state index contributed by atoms with van der Waals surface area (Å²) in [5.41, 5.74) is 1.48. The molecule has 1 N–H and O–H groups in total. The molecule has 0 spiro atoms. The zero-order valence-corrected chi connectivity index (χ0v) is 11.3. The molecule has 100 valence electrons. The molecule has 0 saturated carbocycles. The van der Waals surface area contributed by atoms with E-state index in [4.69, 9.17) is 16.3 Å². The molecule has 2 aromatic rings. The molecule has 0 aliphatic carbocycles. The van der Waals surface area contributed by atoms with Crippen molar-refractivity contribution in [1.82, 2.24) is 4.98 Å². The lowest BCUT2D eigenvalue weighted by atomic mass is 10.1. The van der Waals surface area contributed by atoms with Crippen LogP contribution in [0.5, 0.6) is 0 Å². The molecule has 1 aromatic heterocycles. The summed E-state index contributed by atoms with van der Waals surface area (Å²) in [6.07, 6.45) is 1.66. The fourth-order valence-corrected chi connectivity index (χ4v) is 2.32. The van der Waals surface area contributed by atoms with Crippen LogP contribution in [0.3, 0.4) is 0 Å². The van der Waals surface area contributed by atoms with E-state index in [2.05, 4.69) is 4.98 Å². The second-order valence-electron chi connectivity index (χ2n) is 4.49. The van der Waals surface area contributed by atoms with E-state index in [0.717, 1.165) is 5.56 Å². The number of fused-ring (bicyclic) bond motifs is 1. The van der Waals surface area contributed by atoms with E-state index >= 15 is 0 Å². The van der Waals surface area contributed by atoms with Crippen LogP contribution in [-0.2, 0) is 4.74 Å². The Bertz CT molecular complexity index is 805. The SMILES string of the molecule is Cc1cc2c(c(=O)[nH]1)C(=O)O/C2=C\c1ccccc1Cl. The first-order chi connectivity index (χ1) is 9.56. The predicted octanol–water partition coefficient (Wildman–Crippen LogP) is 3.01. The maximum absolute atomic E-state index is 11.8. The van der Waals surface area contributed by atoms with Gasteiger partial charge in [0.2, 0.25) is 0 Å². The molecular formula is C15H10ClNO3. The Labute approximate surface area is 119 Å². The highest BCUT2D eigenvalue weighted by Gasteiger charge is 2.30. The maximum Gasteiger partial charge on any atom is 0.349 e. The minimum absolute atomic E-state index is 0.0360. The fraction of sp³-hybridized carbons (Fsp3) is 0.0667. The standard InChI is InChI=1S/C15H10ClNO3/c1-8-6-10-12(7-9-4-2-3-5-11(9)16)20-15(19)13(10)14(18)17-8/h2-7H,1H3,(H,17,18)/b12-7-. The second-order valence-corrected chi connectivity index (χ2v) is 4.90. The second kappa shape index (κ2) is 4.65. The number of aromatic amines is 1. The van der Waals surface area contributed by atoms with Gasteiger partial charge in [-0.15, -0.1) is 0 Å². The summed E-state index contributed by atoms with van der Waals surface area (Å²) in [6, 6.07) is 8.91. The van der Waals surface area contributed by atoms with E-state index in [1.807, 2.05) is 12.1 Å². The number of carbonyl (C=O) groups excluding carboxylic acids is 1. The summed E-state index contributed by atoms with van der Waals surface area (Å²) in [5, 5.41) is 0.547. The van der Waals surface area contributed by atoms with Crippen molar-refractivity contribution in [3.05, 3.63) is 68.1 Å². The lowest BCUT2D eigenvalue weighted by Gasteiger charge is -2.01. The normalized spacial score (nSPS) is 15.3. The molecule has 0 bridgehead atoms. The van der Waals surface area contributed by atoms with Crippen LogP contribution in [0.25, 0.3) is 11.8 Å². The van der Waals surface area contributed by atoms with Crippen LogP contribution in [0.15, 0.2) is 35.1 Å². The highest BCUT2D eigenvalue weighted by atomic mass is 35.5. The molecule has 2 heterocycles. The number of nitrogens with one attached hydrogen (secondary N) is 1. The monoisotopic (exact) mass is 287 g/mol. The van der Waals surface area contributed by atoms with Gasteiger partial charge in [-0.1, -0.05) is 29.8 Å². The first-order valence-electron chi connectivity index (χ1n) is 5.99. The van der Waals surface area contributed by atoms with E-state index in [0.29, 0.717) is 22.0 Å². The molecule has 1 aliphatic rings. The topological polar surface area (TPSA) is 59.2 Å². The van der Waals surface area contributed by atoms with Gasteiger partial charge in [-0.25, -0.2) is 4.79 Å². The smallest absolute Gasteiger partial charge is 0.349 e. The highest BCUT2D eigenvalue weighted by molar-refractivity contribution is 6.32. The molecule has 0 amide bonds. The van der Waals surface area contributed by atoms with Crippen molar-refractivity contribution in [2.75, 3.05) is 0 Å². The first kappa shape index (κ1) is 12.7. The predicted molar refractivity (Wildman–Crippen MR) is 76.5 cm³/mol. The maximum atomic E-state index is 11.8.